The fourth-order valence-electron chi connectivity index (χ4n) is 3.91. The molecule has 2 heterocycles. The first-order valence-electron chi connectivity index (χ1n) is 9.73. The molecule has 2 aromatic heterocycles. The van der Waals surface area contributed by atoms with E-state index in [2.05, 4.69) is 38.9 Å². The summed E-state index contributed by atoms with van der Waals surface area (Å²) in [6.07, 6.45) is 0. The highest BCUT2D eigenvalue weighted by molar-refractivity contribution is 5.98. The maximum absolute atomic E-state index is 12.7. The number of para-hydroxylation sites is 2. The van der Waals surface area contributed by atoms with Crippen LogP contribution in [0.3, 0.4) is 0 Å². The number of H-pyrrole nitrogens is 2. The molecule has 0 saturated carbocycles. The van der Waals surface area contributed by atoms with Crippen molar-refractivity contribution in [3.05, 3.63) is 82.6 Å². The van der Waals surface area contributed by atoms with Crippen LogP contribution < -0.4 is 16.2 Å². The van der Waals surface area contributed by atoms with Crippen LogP contribution in [-0.4, -0.2) is 22.0 Å². The number of benzene rings is 3. The molecule has 0 fully saturated rings. The van der Waals surface area contributed by atoms with Crippen molar-refractivity contribution in [3.63, 3.8) is 0 Å². The second-order valence-electron chi connectivity index (χ2n) is 7.42. The molecule has 0 bridgehead atoms. The van der Waals surface area contributed by atoms with Gasteiger partial charge < -0.3 is 20.6 Å². The van der Waals surface area contributed by atoms with Crippen LogP contribution >= 0.6 is 0 Å². The zero-order valence-electron chi connectivity index (χ0n) is 16.7. The molecule has 30 heavy (non-hydrogen) atoms. The molecule has 6 nitrogen and oxygen atoms in total. The van der Waals surface area contributed by atoms with Gasteiger partial charge in [0.25, 0.3) is 5.56 Å². The van der Waals surface area contributed by atoms with E-state index in [1.807, 2.05) is 61.6 Å². The van der Waals surface area contributed by atoms with Gasteiger partial charge in [0.15, 0.2) is 0 Å². The van der Waals surface area contributed by atoms with Gasteiger partial charge in [-0.1, -0.05) is 36.4 Å². The van der Waals surface area contributed by atoms with E-state index in [4.69, 9.17) is 5.73 Å². The number of aromatic nitrogens is 3. The fraction of sp³-hybridized carbons (Fsp3) is 0.0833. The Balaban J connectivity index is 1.63. The number of aromatic amines is 2. The van der Waals surface area contributed by atoms with E-state index in [0.29, 0.717) is 22.6 Å². The smallest absolute Gasteiger partial charge is 0.261 e. The van der Waals surface area contributed by atoms with Gasteiger partial charge in [-0.25, -0.2) is 4.98 Å². The van der Waals surface area contributed by atoms with Gasteiger partial charge in [-0.2, -0.15) is 0 Å². The standard InChI is InChI=1S/C24H21N5O/c1-14-7-3-6-10-20(14)29(2)15-11-12-18-19(13-15)27-23(26-18)21-22(25)16-8-4-5-9-17(16)28-24(21)30/h3-13H,1-2H3,(H,26,27)(H3,25,28,30). The fourth-order valence-corrected chi connectivity index (χ4v) is 3.91. The van der Waals surface area contributed by atoms with Crippen LogP contribution in [0.4, 0.5) is 17.1 Å². The third kappa shape index (κ3) is 2.81. The molecule has 0 radical (unpaired) electrons. The van der Waals surface area contributed by atoms with Gasteiger partial charge in [0.1, 0.15) is 11.4 Å². The molecule has 0 spiro atoms. The quantitative estimate of drug-likeness (QED) is 0.412. The minimum absolute atomic E-state index is 0.262. The predicted octanol–water partition coefficient (Wildman–Crippen LogP) is 4.73. The highest BCUT2D eigenvalue weighted by Crippen LogP contribution is 2.31. The van der Waals surface area contributed by atoms with E-state index in [1.54, 1.807) is 0 Å². The highest BCUT2D eigenvalue weighted by atomic mass is 16.1. The summed E-state index contributed by atoms with van der Waals surface area (Å²) in [5.74, 6) is 0.463. The molecule has 0 amide bonds. The molecule has 0 aliphatic heterocycles. The topological polar surface area (TPSA) is 90.8 Å². The van der Waals surface area contributed by atoms with E-state index < -0.39 is 0 Å². The largest absolute Gasteiger partial charge is 0.397 e. The number of pyridine rings is 1. The molecule has 4 N–H and O–H groups in total. The third-order valence-electron chi connectivity index (χ3n) is 5.53. The van der Waals surface area contributed by atoms with E-state index in [9.17, 15) is 4.79 Å². The molecule has 148 valence electrons. The second kappa shape index (κ2) is 6.77. The zero-order valence-corrected chi connectivity index (χ0v) is 16.7. The van der Waals surface area contributed by atoms with Crippen molar-refractivity contribution in [1.29, 1.82) is 0 Å². The Bertz CT molecular complexity index is 1460. The summed E-state index contributed by atoms with van der Waals surface area (Å²) in [6, 6.07) is 21.7. The Hall–Kier alpha value is -4.06. The summed E-state index contributed by atoms with van der Waals surface area (Å²) in [5.41, 5.74) is 12.6. The molecule has 6 heteroatoms. The number of fused-ring (bicyclic) bond motifs is 2. The van der Waals surface area contributed by atoms with E-state index in [1.165, 1.54) is 5.56 Å². The van der Waals surface area contributed by atoms with Crippen LogP contribution in [0, 0.1) is 6.92 Å². The van der Waals surface area contributed by atoms with Crippen molar-refractivity contribution in [2.24, 2.45) is 0 Å². The zero-order chi connectivity index (χ0) is 20.8. The minimum atomic E-state index is -0.262. The van der Waals surface area contributed by atoms with Crippen LogP contribution in [0.1, 0.15) is 5.56 Å². The Kier molecular flexibility index (Phi) is 4.06. The number of rotatable bonds is 3. The molecule has 0 saturated heterocycles. The first-order valence-corrected chi connectivity index (χ1v) is 9.73. The molecular weight excluding hydrogens is 374 g/mol. The lowest BCUT2D eigenvalue weighted by molar-refractivity contribution is 1.19. The van der Waals surface area contributed by atoms with Crippen molar-refractivity contribution in [3.8, 4) is 11.4 Å². The number of aryl methyl sites for hydroxylation is 1. The maximum atomic E-state index is 12.7. The molecule has 0 unspecified atom stereocenters. The number of anilines is 3. The summed E-state index contributed by atoms with van der Waals surface area (Å²) >= 11 is 0. The van der Waals surface area contributed by atoms with Crippen molar-refractivity contribution in [2.75, 3.05) is 17.7 Å². The number of hydrogen-bond donors (Lipinski definition) is 3. The van der Waals surface area contributed by atoms with Gasteiger partial charge in [-0.3, -0.25) is 4.79 Å². The molecular formula is C24H21N5O. The van der Waals surface area contributed by atoms with E-state index in [-0.39, 0.29) is 5.56 Å². The molecule has 5 rings (SSSR count). The van der Waals surface area contributed by atoms with Crippen molar-refractivity contribution in [2.45, 2.75) is 6.92 Å². The number of nitrogens with one attached hydrogen (secondary N) is 2. The van der Waals surface area contributed by atoms with E-state index in [0.717, 1.165) is 27.8 Å². The van der Waals surface area contributed by atoms with Gasteiger partial charge in [0.2, 0.25) is 0 Å². The van der Waals surface area contributed by atoms with Gasteiger partial charge in [-0.05, 0) is 42.8 Å². The molecule has 0 aliphatic rings. The number of nitrogens with two attached hydrogens (primary N) is 1. The molecule has 3 aromatic carbocycles. The Morgan fingerprint density at radius 3 is 2.53 bits per heavy atom. The first-order chi connectivity index (χ1) is 14.5. The first kappa shape index (κ1) is 18.0. The number of hydrogen-bond acceptors (Lipinski definition) is 4. The van der Waals surface area contributed by atoms with Crippen molar-refractivity contribution >= 4 is 39.0 Å². The normalized spacial score (nSPS) is 11.3. The van der Waals surface area contributed by atoms with Gasteiger partial charge in [0, 0.05) is 23.8 Å². The SMILES string of the molecule is Cc1ccccc1N(C)c1ccc2nc(-c3c(N)c4ccccc4[nH]c3=O)[nH]c2c1. The van der Waals surface area contributed by atoms with Crippen LogP contribution in [-0.2, 0) is 0 Å². The second-order valence-corrected chi connectivity index (χ2v) is 7.42. The summed E-state index contributed by atoms with van der Waals surface area (Å²) in [4.78, 5) is 25.7. The van der Waals surface area contributed by atoms with Gasteiger partial charge >= 0.3 is 0 Å². The maximum Gasteiger partial charge on any atom is 0.261 e. The molecule has 0 aliphatic carbocycles. The van der Waals surface area contributed by atoms with Crippen molar-refractivity contribution < 1.29 is 0 Å². The third-order valence-corrected chi connectivity index (χ3v) is 5.53. The summed E-state index contributed by atoms with van der Waals surface area (Å²) in [5, 5.41) is 0.799. The molecule has 5 aromatic rings. The Morgan fingerprint density at radius 2 is 1.70 bits per heavy atom. The molecule has 0 atom stereocenters. The van der Waals surface area contributed by atoms with E-state index >= 15 is 0 Å². The van der Waals surface area contributed by atoms with Crippen LogP contribution in [0.25, 0.3) is 33.3 Å². The van der Waals surface area contributed by atoms with Crippen molar-refractivity contribution in [1.82, 2.24) is 15.0 Å². The minimum Gasteiger partial charge on any atom is -0.397 e. The summed E-state index contributed by atoms with van der Waals surface area (Å²) in [7, 11) is 2.03. The summed E-state index contributed by atoms with van der Waals surface area (Å²) < 4.78 is 0. The predicted molar refractivity (Wildman–Crippen MR) is 123 cm³/mol. The lowest BCUT2D eigenvalue weighted by Gasteiger charge is -2.21. The number of imidazole rings is 1. The lowest BCUT2D eigenvalue weighted by atomic mass is 10.1. The van der Waals surface area contributed by atoms with Crippen LogP contribution in [0.5, 0.6) is 0 Å². The van der Waals surface area contributed by atoms with Crippen LogP contribution in [0.15, 0.2) is 71.5 Å². The van der Waals surface area contributed by atoms with Gasteiger partial charge in [0.05, 0.1) is 22.2 Å². The average molecular weight is 395 g/mol. The summed E-state index contributed by atoms with van der Waals surface area (Å²) in [6.45, 7) is 2.09. The lowest BCUT2D eigenvalue weighted by Crippen LogP contribution is -2.13. The highest BCUT2D eigenvalue weighted by Gasteiger charge is 2.16. The Morgan fingerprint density at radius 1 is 0.933 bits per heavy atom. The number of nitrogen functional groups attached to an aromatic ring is 1. The van der Waals surface area contributed by atoms with Crippen LogP contribution in [0.2, 0.25) is 0 Å². The monoisotopic (exact) mass is 395 g/mol. The van der Waals surface area contributed by atoms with Gasteiger partial charge in [-0.15, -0.1) is 0 Å². The Labute approximate surface area is 173 Å². The number of nitrogens with zero attached hydrogens (tertiary/aromatic N) is 2. The average Bonchev–Trinajstić information content (AvgIpc) is 3.16.